The maximum atomic E-state index is 13.7. The molecule has 9 nitrogen and oxygen atoms in total. The molecule has 32 heavy (non-hydrogen) atoms. The molecule has 0 radical (unpaired) electrons. The molecule has 5 N–H and O–H groups in total. The van der Waals surface area contributed by atoms with E-state index in [1.165, 1.54) is 30.2 Å². The summed E-state index contributed by atoms with van der Waals surface area (Å²) in [6, 6.07) is 11.2. The quantitative estimate of drug-likeness (QED) is 0.459. The Morgan fingerprint density at radius 1 is 1.31 bits per heavy atom. The van der Waals surface area contributed by atoms with E-state index in [4.69, 9.17) is 16.2 Å². The maximum Gasteiger partial charge on any atom is 0.254 e. The molecule has 2 aromatic carbocycles. The van der Waals surface area contributed by atoms with Crippen LogP contribution in [0.1, 0.15) is 22.0 Å². The third-order valence-electron chi connectivity index (χ3n) is 5.46. The summed E-state index contributed by atoms with van der Waals surface area (Å²) in [7, 11) is 1.45. The minimum atomic E-state index is -0.648. The van der Waals surface area contributed by atoms with Crippen molar-refractivity contribution in [3.8, 4) is 17.0 Å². The fourth-order valence-electron chi connectivity index (χ4n) is 3.65. The lowest BCUT2D eigenvalue weighted by Gasteiger charge is -2.28. The third kappa shape index (κ3) is 3.87. The topological polar surface area (TPSA) is 128 Å². The Kier molecular flexibility index (Phi) is 5.78. The second-order valence-corrected chi connectivity index (χ2v) is 7.48. The molecule has 0 spiro atoms. The van der Waals surface area contributed by atoms with Crippen LogP contribution in [0.25, 0.3) is 11.3 Å². The second-order valence-electron chi connectivity index (χ2n) is 7.48. The van der Waals surface area contributed by atoms with Gasteiger partial charge in [0.05, 0.1) is 25.4 Å². The van der Waals surface area contributed by atoms with Crippen molar-refractivity contribution in [3.05, 3.63) is 59.4 Å². The van der Waals surface area contributed by atoms with Crippen molar-refractivity contribution in [2.45, 2.75) is 12.6 Å². The molecule has 1 aliphatic heterocycles. The predicted octanol–water partition coefficient (Wildman–Crippen LogP) is 1.69. The number of methoxy groups -OCH3 is 1. The molecule has 0 bridgehead atoms. The summed E-state index contributed by atoms with van der Waals surface area (Å²) in [5.74, 6) is -0.497. The van der Waals surface area contributed by atoms with E-state index in [-0.39, 0.29) is 24.0 Å². The zero-order chi connectivity index (χ0) is 22.8. The zero-order valence-corrected chi connectivity index (χ0v) is 17.4. The highest BCUT2D eigenvalue weighted by atomic mass is 19.1. The number of ether oxygens (including phenoxy) is 1. The van der Waals surface area contributed by atoms with Crippen LogP contribution in [0.2, 0.25) is 0 Å². The molecule has 0 atom stereocenters. The van der Waals surface area contributed by atoms with E-state index < -0.39 is 11.7 Å². The number of halogens is 1. The maximum absolute atomic E-state index is 13.7. The molecule has 3 aromatic rings. The average molecular weight is 438 g/mol. The van der Waals surface area contributed by atoms with E-state index in [0.29, 0.717) is 42.2 Å². The average Bonchev–Trinajstić information content (AvgIpc) is 3.08. The summed E-state index contributed by atoms with van der Waals surface area (Å²) in [6.07, 6.45) is 0.616. The van der Waals surface area contributed by atoms with Crippen molar-refractivity contribution in [3.63, 3.8) is 0 Å². The Morgan fingerprint density at radius 2 is 2.03 bits per heavy atom. The molecule has 2 heterocycles. The van der Waals surface area contributed by atoms with Crippen molar-refractivity contribution in [2.75, 3.05) is 30.8 Å². The summed E-state index contributed by atoms with van der Waals surface area (Å²) in [5, 5.41) is 7.68. The molecular weight excluding hydrogens is 415 g/mol. The highest BCUT2D eigenvalue weighted by Gasteiger charge is 2.28. The zero-order valence-electron chi connectivity index (χ0n) is 17.4. The van der Waals surface area contributed by atoms with Gasteiger partial charge in [0.1, 0.15) is 28.6 Å². The van der Waals surface area contributed by atoms with Crippen LogP contribution in [0, 0.1) is 5.82 Å². The third-order valence-corrected chi connectivity index (χ3v) is 5.46. The number of benzene rings is 2. The molecule has 10 heteroatoms. The van der Waals surface area contributed by atoms with Crippen LogP contribution in [0.3, 0.4) is 0 Å². The van der Waals surface area contributed by atoms with Crippen LogP contribution < -0.4 is 26.4 Å². The minimum absolute atomic E-state index is 0.0727. The molecular formula is C22H23FN6O3. The van der Waals surface area contributed by atoms with Crippen LogP contribution in [0.15, 0.2) is 42.5 Å². The number of carbonyl (C=O) groups is 2. The Labute approximate surface area is 183 Å². The lowest BCUT2D eigenvalue weighted by molar-refractivity contribution is -0.107. The number of primary amides is 1. The van der Waals surface area contributed by atoms with Gasteiger partial charge in [-0.05, 0) is 17.7 Å². The predicted molar refractivity (Wildman–Crippen MR) is 118 cm³/mol. The molecule has 166 valence electrons. The molecule has 0 saturated carbocycles. The number of aromatic nitrogens is 2. The summed E-state index contributed by atoms with van der Waals surface area (Å²) in [5.41, 5.74) is 14.1. The van der Waals surface area contributed by atoms with E-state index in [9.17, 15) is 14.0 Å². The van der Waals surface area contributed by atoms with Crippen LogP contribution in [-0.2, 0) is 11.3 Å². The smallest absolute Gasteiger partial charge is 0.254 e. The van der Waals surface area contributed by atoms with Crippen LogP contribution in [0.4, 0.5) is 15.9 Å². The van der Waals surface area contributed by atoms with Gasteiger partial charge in [-0.3, -0.25) is 9.59 Å². The number of hydrogen-bond donors (Lipinski definition) is 3. The molecule has 0 aliphatic carbocycles. The van der Waals surface area contributed by atoms with Gasteiger partial charge in [-0.2, -0.15) is 5.10 Å². The minimum Gasteiger partial charge on any atom is -0.495 e. The second kappa shape index (κ2) is 8.67. The SMILES string of the molecule is COc1ccc(F)cc1N(C=O)Cc1ccc(-c2nn(C3CNC3)c(N)c2C(N)=O)cc1. The molecule has 1 aromatic heterocycles. The monoisotopic (exact) mass is 438 g/mol. The van der Waals surface area contributed by atoms with E-state index in [1.54, 1.807) is 28.9 Å². The molecule has 1 fully saturated rings. The first-order valence-electron chi connectivity index (χ1n) is 9.96. The highest BCUT2D eigenvalue weighted by molar-refractivity contribution is 6.03. The fraction of sp³-hybridized carbons (Fsp3) is 0.227. The largest absolute Gasteiger partial charge is 0.495 e. The lowest BCUT2D eigenvalue weighted by atomic mass is 10.0. The van der Waals surface area contributed by atoms with Crippen molar-refractivity contribution < 1.29 is 18.7 Å². The Bertz CT molecular complexity index is 1160. The first-order chi connectivity index (χ1) is 15.4. The van der Waals surface area contributed by atoms with E-state index in [1.807, 2.05) is 0 Å². The number of amides is 2. The number of carbonyl (C=O) groups excluding carboxylic acids is 2. The standard InChI is InChI=1S/C22H23FN6O3/c1-32-18-7-6-15(23)8-17(18)28(12-30)11-13-2-4-14(5-3-13)20-19(22(25)31)21(24)29(27-20)16-9-26-10-16/h2-8,12,16,26H,9-11,24H2,1H3,(H2,25,31). The van der Waals surface area contributed by atoms with Gasteiger partial charge in [0, 0.05) is 24.7 Å². The number of hydrogen-bond acceptors (Lipinski definition) is 6. The number of nitrogens with one attached hydrogen (secondary N) is 1. The van der Waals surface area contributed by atoms with Gasteiger partial charge in [0.15, 0.2) is 0 Å². The lowest BCUT2D eigenvalue weighted by Crippen LogP contribution is -2.44. The number of nitrogen functional groups attached to an aromatic ring is 1. The van der Waals surface area contributed by atoms with Gasteiger partial charge in [0.25, 0.3) is 5.91 Å². The van der Waals surface area contributed by atoms with Gasteiger partial charge < -0.3 is 26.4 Å². The summed E-state index contributed by atoms with van der Waals surface area (Å²) in [6.45, 7) is 1.62. The van der Waals surface area contributed by atoms with Crippen molar-refractivity contribution >= 4 is 23.8 Å². The Balaban J connectivity index is 1.62. The number of nitrogens with zero attached hydrogens (tertiary/aromatic N) is 3. The van der Waals surface area contributed by atoms with E-state index in [0.717, 1.165) is 5.56 Å². The molecule has 4 rings (SSSR count). The summed E-state index contributed by atoms with van der Waals surface area (Å²) >= 11 is 0. The van der Waals surface area contributed by atoms with Crippen LogP contribution in [0.5, 0.6) is 5.75 Å². The van der Waals surface area contributed by atoms with Gasteiger partial charge in [-0.15, -0.1) is 0 Å². The first kappa shape index (κ1) is 21.3. The van der Waals surface area contributed by atoms with E-state index in [2.05, 4.69) is 10.4 Å². The Hall–Kier alpha value is -3.92. The van der Waals surface area contributed by atoms with Gasteiger partial charge in [-0.25, -0.2) is 9.07 Å². The Morgan fingerprint density at radius 3 is 2.59 bits per heavy atom. The summed E-state index contributed by atoms with van der Waals surface area (Å²) in [4.78, 5) is 25.1. The normalized spacial score (nSPS) is 13.4. The van der Waals surface area contributed by atoms with E-state index >= 15 is 0 Å². The number of anilines is 2. The van der Waals surface area contributed by atoms with Gasteiger partial charge in [-0.1, -0.05) is 24.3 Å². The van der Waals surface area contributed by atoms with Gasteiger partial charge >= 0.3 is 0 Å². The molecule has 1 aliphatic rings. The van der Waals surface area contributed by atoms with Crippen molar-refractivity contribution in [1.29, 1.82) is 0 Å². The van der Waals surface area contributed by atoms with Gasteiger partial charge in [0.2, 0.25) is 6.41 Å². The van der Waals surface area contributed by atoms with Crippen molar-refractivity contribution in [1.82, 2.24) is 15.1 Å². The molecule has 2 amide bonds. The fourth-order valence-corrected chi connectivity index (χ4v) is 3.65. The number of nitrogens with two attached hydrogens (primary N) is 2. The first-order valence-corrected chi connectivity index (χ1v) is 9.96. The molecule has 0 unspecified atom stereocenters. The van der Waals surface area contributed by atoms with Crippen LogP contribution >= 0.6 is 0 Å². The van der Waals surface area contributed by atoms with Crippen LogP contribution in [-0.4, -0.2) is 42.3 Å². The highest BCUT2D eigenvalue weighted by Crippen LogP contribution is 2.32. The molecule has 1 saturated heterocycles. The number of rotatable bonds is 8. The summed E-state index contributed by atoms with van der Waals surface area (Å²) < 4.78 is 20.6. The van der Waals surface area contributed by atoms with Crippen molar-refractivity contribution in [2.24, 2.45) is 5.73 Å².